The van der Waals surface area contributed by atoms with Gasteiger partial charge in [-0.25, -0.2) is 4.98 Å². The fourth-order valence-corrected chi connectivity index (χ4v) is 1.34. The Morgan fingerprint density at radius 1 is 1.38 bits per heavy atom. The van der Waals surface area contributed by atoms with E-state index in [0.29, 0.717) is 0 Å². The van der Waals surface area contributed by atoms with Crippen molar-refractivity contribution in [2.24, 2.45) is 0 Å². The number of aliphatic hydroxyl groups is 1. The van der Waals surface area contributed by atoms with E-state index in [1.165, 1.54) is 18.2 Å². The lowest BCUT2D eigenvalue weighted by Crippen LogP contribution is -2.36. The molecule has 0 saturated carbocycles. The number of pyridine rings is 1. The van der Waals surface area contributed by atoms with E-state index in [2.05, 4.69) is 4.98 Å². The molecule has 0 atom stereocenters. The molecule has 0 aliphatic heterocycles. The predicted octanol–water partition coefficient (Wildman–Crippen LogP) is 2.10. The second-order valence-corrected chi connectivity index (χ2v) is 3.47. The standard InChI is InChI=1S/C9H10ClF3N2O/c10-7-2-1-3-8(14-7)15(4-5-16)6-9(11,12)13/h1-3,16H,4-6H2. The summed E-state index contributed by atoms with van der Waals surface area (Å²) in [4.78, 5) is 4.68. The zero-order valence-corrected chi connectivity index (χ0v) is 8.96. The molecule has 3 nitrogen and oxygen atoms in total. The third-order valence-electron chi connectivity index (χ3n) is 1.76. The lowest BCUT2D eigenvalue weighted by atomic mass is 10.4. The van der Waals surface area contributed by atoms with Crippen LogP contribution in [-0.2, 0) is 0 Å². The average molecular weight is 255 g/mol. The number of anilines is 1. The SMILES string of the molecule is OCCN(CC(F)(F)F)c1cccc(Cl)n1. The smallest absolute Gasteiger partial charge is 0.395 e. The number of rotatable bonds is 4. The minimum Gasteiger partial charge on any atom is -0.395 e. The maximum absolute atomic E-state index is 12.2. The first-order chi connectivity index (χ1) is 7.42. The third kappa shape index (κ3) is 4.24. The van der Waals surface area contributed by atoms with Gasteiger partial charge >= 0.3 is 6.18 Å². The summed E-state index contributed by atoms with van der Waals surface area (Å²) in [7, 11) is 0. The summed E-state index contributed by atoms with van der Waals surface area (Å²) in [5.74, 6) is 0.0962. The molecule has 16 heavy (non-hydrogen) atoms. The molecule has 0 amide bonds. The number of aliphatic hydroxyl groups excluding tert-OH is 1. The molecule has 0 aliphatic carbocycles. The summed E-state index contributed by atoms with van der Waals surface area (Å²) in [5.41, 5.74) is 0. The minimum absolute atomic E-state index is 0.0962. The summed E-state index contributed by atoms with van der Waals surface area (Å²) in [6, 6.07) is 4.38. The van der Waals surface area contributed by atoms with E-state index in [9.17, 15) is 13.2 Å². The molecule has 0 aromatic carbocycles. The Balaban J connectivity index is 2.85. The van der Waals surface area contributed by atoms with Gasteiger partial charge in [0.1, 0.15) is 17.5 Å². The van der Waals surface area contributed by atoms with E-state index in [4.69, 9.17) is 16.7 Å². The molecule has 1 aromatic rings. The molecule has 0 unspecified atom stereocenters. The highest BCUT2D eigenvalue weighted by Gasteiger charge is 2.31. The van der Waals surface area contributed by atoms with Crippen molar-refractivity contribution < 1.29 is 18.3 Å². The van der Waals surface area contributed by atoms with E-state index < -0.39 is 12.7 Å². The molecule has 1 aromatic heterocycles. The normalized spacial score (nSPS) is 11.6. The molecule has 0 spiro atoms. The van der Waals surface area contributed by atoms with Gasteiger partial charge < -0.3 is 10.0 Å². The molecule has 0 saturated heterocycles. The van der Waals surface area contributed by atoms with Crippen molar-refractivity contribution in [2.45, 2.75) is 6.18 Å². The van der Waals surface area contributed by atoms with Crippen molar-refractivity contribution in [3.63, 3.8) is 0 Å². The Bertz CT molecular complexity index is 346. The number of hydrogen-bond acceptors (Lipinski definition) is 3. The summed E-state index contributed by atoms with van der Waals surface area (Å²) in [5, 5.41) is 8.81. The predicted molar refractivity (Wildman–Crippen MR) is 54.6 cm³/mol. The van der Waals surface area contributed by atoms with Crippen LogP contribution >= 0.6 is 11.6 Å². The zero-order valence-electron chi connectivity index (χ0n) is 8.21. The molecule has 1 heterocycles. The number of alkyl halides is 3. The Kier molecular flexibility index (Phi) is 4.37. The quantitative estimate of drug-likeness (QED) is 0.836. The van der Waals surface area contributed by atoms with E-state index in [1.807, 2.05) is 0 Å². The highest BCUT2D eigenvalue weighted by molar-refractivity contribution is 6.29. The molecule has 7 heteroatoms. The van der Waals surface area contributed by atoms with Gasteiger partial charge in [-0.2, -0.15) is 13.2 Å². The monoisotopic (exact) mass is 254 g/mol. The van der Waals surface area contributed by atoms with Gasteiger partial charge in [0.15, 0.2) is 0 Å². The largest absolute Gasteiger partial charge is 0.405 e. The Morgan fingerprint density at radius 2 is 2.06 bits per heavy atom. The Hall–Kier alpha value is -1.01. The number of nitrogens with zero attached hydrogens (tertiary/aromatic N) is 2. The Morgan fingerprint density at radius 3 is 2.56 bits per heavy atom. The topological polar surface area (TPSA) is 36.4 Å². The van der Waals surface area contributed by atoms with E-state index in [-0.39, 0.29) is 24.1 Å². The summed E-state index contributed by atoms with van der Waals surface area (Å²) < 4.78 is 36.7. The van der Waals surface area contributed by atoms with Crippen LogP contribution in [0.15, 0.2) is 18.2 Å². The molecule has 1 rings (SSSR count). The summed E-state index contributed by atoms with van der Waals surface area (Å²) >= 11 is 5.58. The molecular weight excluding hydrogens is 245 g/mol. The molecular formula is C9H10ClF3N2O. The van der Waals surface area contributed by atoms with Gasteiger partial charge in [-0.15, -0.1) is 0 Å². The van der Waals surface area contributed by atoms with Crippen LogP contribution in [0.1, 0.15) is 0 Å². The van der Waals surface area contributed by atoms with Crippen LogP contribution in [0.3, 0.4) is 0 Å². The lowest BCUT2D eigenvalue weighted by molar-refractivity contribution is -0.119. The molecule has 0 radical (unpaired) electrons. The van der Waals surface area contributed by atoms with E-state index in [0.717, 1.165) is 4.90 Å². The van der Waals surface area contributed by atoms with Crippen molar-refractivity contribution in [1.82, 2.24) is 4.98 Å². The summed E-state index contributed by atoms with van der Waals surface area (Å²) in [6.07, 6.45) is -4.35. The fourth-order valence-electron chi connectivity index (χ4n) is 1.19. The maximum Gasteiger partial charge on any atom is 0.405 e. The van der Waals surface area contributed by atoms with Crippen LogP contribution < -0.4 is 4.90 Å². The van der Waals surface area contributed by atoms with Crippen molar-refractivity contribution in [1.29, 1.82) is 0 Å². The molecule has 90 valence electrons. The number of aromatic nitrogens is 1. The number of hydrogen-bond donors (Lipinski definition) is 1. The van der Waals surface area contributed by atoms with Crippen LogP contribution in [0.4, 0.5) is 19.0 Å². The maximum atomic E-state index is 12.2. The van der Waals surface area contributed by atoms with Gasteiger partial charge in [0.2, 0.25) is 0 Å². The molecule has 0 bridgehead atoms. The third-order valence-corrected chi connectivity index (χ3v) is 1.97. The molecule has 1 N–H and O–H groups in total. The van der Waals surface area contributed by atoms with Crippen molar-refractivity contribution in [3.8, 4) is 0 Å². The Labute approximate surface area is 95.5 Å². The first-order valence-corrected chi connectivity index (χ1v) is 4.85. The minimum atomic E-state index is -4.35. The van der Waals surface area contributed by atoms with Crippen LogP contribution in [0.5, 0.6) is 0 Å². The summed E-state index contributed by atoms with van der Waals surface area (Å²) in [6.45, 7) is -1.70. The molecule has 0 fully saturated rings. The van der Waals surface area contributed by atoms with Crippen LogP contribution in [0, 0.1) is 0 Å². The second-order valence-electron chi connectivity index (χ2n) is 3.08. The van der Waals surface area contributed by atoms with Crippen LogP contribution in [-0.4, -0.2) is 36.0 Å². The van der Waals surface area contributed by atoms with E-state index in [1.54, 1.807) is 0 Å². The van der Waals surface area contributed by atoms with Crippen molar-refractivity contribution in [3.05, 3.63) is 23.4 Å². The van der Waals surface area contributed by atoms with Gasteiger partial charge in [0.25, 0.3) is 0 Å². The highest BCUT2D eigenvalue weighted by Crippen LogP contribution is 2.21. The van der Waals surface area contributed by atoms with Crippen LogP contribution in [0.25, 0.3) is 0 Å². The van der Waals surface area contributed by atoms with E-state index >= 15 is 0 Å². The first kappa shape index (κ1) is 13.1. The van der Waals surface area contributed by atoms with Gasteiger partial charge in [0, 0.05) is 6.54 Å². The van der Waals surface area contributed by atoms with Gasteiger partial charge in [-0.05, 0) is 12.1 Å². The number of halogens is 4. The average Bonchev–Trinajstić information content (AvgIpc) is 2.15. The highest BCUT2D eigenvalue weighted by atomic mass is 35.5. The van der Waals surface area contributed by atoms with Gasteiger partial charge in [-0.1, -0.05) is 17.7 Å². The van der Waals surface area contributed by atoms with Crippen LogP contribution in [0.2, 0.25) is 5.15 Å². The fraction of sp³-hybridized carbons (Fsp3) is 0.444. The molecule has 0 aliphatic rings. The van der Waals surface area contributed by atoms with Crippen molar-refractivity contribution >= 4 is 17.4 Å². The second kappa shape index (κ2) is 5.36. The van der Waals surface area contributed by atoms with Crippen molar-refractivity contribution in [2.75, 3.05) is 24.6 Å². The lowest BCUT2D eigenvalue weighted by Gasteiger charge is -2.23. The first-order valence-electron chi connectivity index (χ1n) is 4.47. The zero-order chi connectivity index (χ0) is 12.2. The van der Waals surface area contributed by atoms with Gasteiger partial charge in [0.05, 0.1) is 6.61 Å². The van der Waals surface area contributed by atoms with Gasteiger partial charge in [-0.3, -0.25) is 0 Å².